The van der Waals surface area contributed by atoms with Gasteiger partial charge in [-0.15, -0.1) is 0 Å². The summed E-state index contributed by atoms with van der Waals surface area (Å²) in [6.07, 6.45) is 3.26. The highest BCUT2D eigenvalue weighted by Crippen LogP contribution is 2.39. The second-order valence-electron chi connectivity index (χ2n) is 7.15. The molecule has 1 spiro atoms. The number of alkyl carbamates (subject to hydrolysis) is 1. The maximum Gasteiger partial charge on any atom is 0.407 e. The Hall–Kier alpha value is -2.27. The van der Waals surface area contributed by atoms with Crippen molar-refractivity contribution in [2.75, 3.05) is 26.2 Å². The van der Waals surface area contributed by atoms with Crippen LogP contribution in [0.15, 0.2) is 9.98 Å². The molecule has 152 valence electrons. The smallest absolute Gasteiger partial charge is 0.407 e. The molecule has 0 aromatic carbocycles. The summed E-state index contributed by atoms with van der Waals surface area (Å²) in [6.45, 7) is 1.80. The number of amides is 1. The second kappa shape index (κ2) is 8.17. The predicted octanol–water partition coefficient (Wildman–Crippen LogP) is -2.02. The number of hydrogen-bond acceptors (Lipinski definition) is 10. The SMILES string of the molecule is NCCCCCCNC(=O)OCC1N=C(N)N2CCC(O)C23NC(N)=NC13. The number of nitrogens with two attached hydrogens (primary N) is 3. The van der Waals surface area contributed by atoms with Crippen molar-refractivity contribution in [1.29, 1.82) is 0 Å². The molecule has 0 aliphatic carbocycles. The summed E-state index contributed by atoms with van der Waals surface area (Å²) < 4.78 is 5.31. The molecule has 3 aliphatic heterocycles. The minimum atomic E-state index is -0.913. The Labute approximate surface area is 158 Å². The van der Waals surface area contributed by atoms with E-state index in [9.17, 15) is 9.90 Å². The van der Waals surface area contributed by atoms with Crippen LogP contribution in [-0.4, -0.2) is 78.1 Å². The molecule has 0 bridgehead atoms. The van der Waals surface area contributed by atoms with Gasteiger partial charge in [0.25, 0.3) is 0 Å². The fraction of sp³-hybridized carbons (Fsp3) is 0.812. The van der Waals surface area contributed by atoms with E-state index < -0.39 is 29.9 Å². The molecule has 11 nitrogen and oxygen atoms in total. The number of ether oxygens (including phenoxy) is 1. The van der Waals surface area contributed by atoms with Crippen LogP contribution in [0, 0.1) is 0 Å². The Balaban J connectivity index is 1.53. The van der Waals surface area contributed by atoms with Gasteiger partial charge in [0, 0.05) is 13.1 Å². The van der Waals surface area contributed by atoms with Crippen molar-refractivity contribution < 1.29 is 14.6 Å². The molecule has 3 aliphatic rings. The van der Waals surface area contributed by atoms with Crippen molar-refractivity contribution in [3.05, 3.63) is 0 Å². The zero-order valence-corrected chi connectivity index (χ0v) is 15.4. The fourth-order valence-corrected chi connectivity index (χ4v) is 4.05. The van der Waals surface area contributed by atoms with Crippen molar-refractivity contribution in [2.24, 2.45) is 27.2 Å². The third kappa shape index (κ3) is 3.74. The molecule has 4 unspecified atom stereocenters. The van der Waals surface area contributed by atoms with Gasteiger partial charge in [-0.05, 0) is 25.8 Å². The molecule has 27 heavy (non-hydrogen) atoms. The highest BCUT2D eigenvalue weighted by molar-refractivity contribution is 5.87. The first-order chi connectivity index (χ1) is 13.0. The van der Waals surface area contributed by atoms with Crippen LogP contribution in [0.2, 0.25) is 0 Å². The summed E-state index contributed by atoms with van der Waals surface area (Å²) >= 11 is 0. The third-order valence-electron chi connectivity index (χ3n) is 5.36. The number of rotatable bonds is 8. The van der Waals surface area contributed by atoms with Crippen LogP contribution < -0.4 is 27.8 Å². The van der Waals surface area contributed by atoms with E-state index in [2.05, 4.69) is 20.6 Å². The lowest BCUT2D eigenvalue weighted by atomic mass is 9.89. The molecule has 3 rings (SSSR count). The van der Waals surface area contributed by atoms with Gasteiger partial charge < -0.3 is 42.6 Å². The number of nitrogens with zero attached hydrogens (tertiary/aromatic N) is 3. The summed E-state index contributed by atoms with van der Waals surface area (Å²) in [4.78, 5) is 22.5. The lowest BCUT2D eigenvalue weighted by molar-refractivity contribution is 0.0146. The average molecular weight is 382 g/mol. The zero-order chi connectivity index (χ0) is 19.4. The van der Waals surface area contributed by atoms with Crippen molar-refractivity contribution in [1.82, 2.24) is 15.5 Å². The van der Waals surface area contributed by atoms with Gasteiger partial charge in [0.2, 0.25) is 0 Å². The van der Waals surface area contributed by atoms with E-state index in [0.717, 1.165) is 25.7 Å². The van der Waals surface area contributed by atoms with E-state index in [1.165, 1.54) is 0 Å². The lowest BCUT2D eigenvalue weighted by Gasteiger charge is -2.46. The van der Waals surface area contributed by atoms with Crippen molar-refractivity contribution >= 4 is 18.0 Å². The van der Waals surface area contributed by atoms with Gasteiger partial charge >= 0.3 is 6.09 Å². The Morgan fingerprint density at radius 1 is 1.33 bits per heavy atom. The number of unbranched alkanes of at least 4 members (excludes halogenated alkanes) is 3. The minimum Gasteiger partial charge on any atom is -0.447 e. The second-order valence-corrected chi connectivity index (χ2v) is 7.15. The van der Waals surface area contributed by atoms with Crippen LogP contribution in [0.3, 0.4) is 0 Å². The molecule has 0 aromatic heterocycles. The highest BCUT2D eigenvalue weighted by atomic mass is 16.5. The van der Waals surface area contributed by atoms with Crippen LogP contribution >= 0.6 is 0 Å². The average Bonchev–Trinajstić information content (AvgIpc) is 3.16. The molecule has 1 saturated heterocycles. The molecular weight excluding hydrogens is 352 g/mol. The monoisotopic (exact) mass is 382 g/mol. The van der Waals surface area contributed by atoms with Crippen LogP contribution in [0.5, 0.6) is 0 Å². The van der Waals surface area contributed by atoms with Crippen molar-refractivity contribution in [2.45, 2.75) is 56.0 Å². The quantitative estimate of drug-likeness (QED) is 0.260. The Morgan fingerprint density at radius 2 is 2.11 bits per heavy atom. The first-order valence-corrected chi connectivity index (χ1v) is 9.50. The molecule has 1 fully saturated rings. The fourth-order valence-electron chi connectivity index (χ4n) is 4.05. The maximum atomic E-state index is 11.9. The first kappa shape index (κ1) is 19.5. The third-order valence-corrected chi connectivity index (χ3v) is 5.36. The maximum absolute atomic E-state index is 11.9. The van der Waals surface area contributed by atoms with Crippen LogP contribution in [0.25, 0.3) is 0 Å². The number of guanidine groups is 2. The van der Waals surface area contributed by atoms with Gasteiger partial charge in [0.15, 0.2) is 17.6 Å². The molecule has 0 aromatic rings. The summed E-state index contributed by atoms with van der Waals surface area (Å²) in [5.41, 5.74) is 16.5. The van der Waals surface area contributed by atoms with E-state index in [-0.39, 0.29) is 18.5 Å². The number of hydrogen-bond donors (Lipinski definition) is 6. The lowest BCUT2D eigenvalue weighted by Crippen LogP contribution is -2.72. The molecule has 9 N–H and O–H groups in total. The van der Waals surface area contributed by atoms with Gasteiger partial charge in [-0.2, -0.15) is 0 Å². The van der Waals surface area contributed by atoms with E-state index in [0.29, 0.717) is 26.1 Å². The summed E-state index contributed by atoms with van der Waals surface area (Å²) in [5.74, 6) is 0.511. The molecule has 3 heterocycles. The molecule has 4 atom stereocenters. The van der Waals surface area contributed by atoms with Gasteiger partial charge in [-0.3, -0.25) is 0 Å². The predicted molar refractivity (Wildman–Crippen MR) is 101 cm³/mol. The van der Waals surface area contributed by atoms with Crippen LogP contribution in [0.4, 0.5) is 4.79 Å². The van der Waals surface area contributed by atoms with Crippen molar-refractivity contribution in [3.8, 4) is 0 Å². The minimum absolute atomic E-state index is 0.00510. The van der Waals surface area contributed by atoms with Gasteiger partial charge in [-0.1, -0.05) is 12.8 Å². The van der Waals surface area contributed by atoms with Gasteiger partial charge in [0.1, 0.15) is 18.7 Å². The van der Waals surface area contributed by atoms with E-state index >= 15 is 0 Å². The number of aliphatic hydroxyl groups is 1. The van der Waals surface area contributed by atoms with Crippen LogP contribution in [0.1, 0.15) is 32.1 Å². The highest BCUT2D eigenvalue weighted by Gasteiger charge is 2.62. The molecule has 1 amide bonds. The molecular formula is C16H30N8O3. The molecule has 11 heteroatoms. The van der Waals surface area contributed by atoms with E-state index in [4.69, 9.17) is 21.9 Å². The van der Waals surface area contributed by atoms with Gasteiger partial charge in [0.05, 0.1) is 6.10 Å². The Morgan fingerprint density at radius 3 is 2.89 bits per heavy atom. The Kier molecular flexibility index (Phi) is 5.90. The topological polar surface area (TPSA) is 177 Å². The van der Waals surface area contributed by atoms with Crippen LogP contribution in [-0.2, 0) is 4.74 Å². The summed E-state index contributed by atoms with van der Waals surface area (Å²) in [7, 11) is 0. The number of carbonyl (C=O) groups excluding carboxylic acids is 1. The molecule has 0 saturated carbocycles. The Bertz CT molecular complexity index is 612. The zero-order valence-electron chi connectivity index (χ0n) is 15.4. The van der Waals surface area contributed by atoms with Crippen molar-refractivity contribution in [3.63, 3.8) is 0 Å². The summed E-state index contributed by atoms with van der Waals surface area (Å²) in [5, 5.41) is 16.3. The van der Waals surface area contributed by atoms with Gasteiger partial charge in [-0.25, -0.2) is 14.8 Å². The first-order valence-electron chi connectivity index (χ1n) is 9.50. The van der Waals surface area contributed by atoms with E-state index in [1.807, 2.05) is 0 Å². The van der Waals surface area contributed by atoms with E-state index in [1.54, 1.807) is 4.90 Å². The summed E-state index contributed by atoms with van der Waals surface area (Å²) in [6, 6.07) is -0.996. The number of aliphatic hydroxyl groups excluding tert-OH is 1. The number of nitrogens with one attached hydrogen (secondary N) is 2. The normalized spacial score (nSPS) is 31.5. The molecule has 0 radical (unpaired) electrons. The number of aliphatic imine (C=N–C) groups is 2. The number of carbonyl (C=O) groups is 1. The largest absolute Gasteiger partial charge is 0.447 e. The standard InChI is InChI=1S/C16H30N8O3/c17-6-3-1-2-4-7-20-15(26)27-9-10-12-16(23-13(18)22-12)11(25)5-8-24(16)14(19)21-10/h10-12,25H,1-9,17H2,(H2,19,21)(H,20,26)(H3,18,22,23).